The third kappa shape index (κ3) is 6.97. The zero-order valence-electron chi connectivity index (χ0n) is 19.4. The molecule has 0 atom stereocenters. The van der Waals surface area contributed by atoms with Gasteiger partial charge in [-0.15, -0.1) is 0 Å². The monoisotopic (exact) mass is 464 g/mol. The SMILES string of the molecule is Cc1ccc(N(CC(=O)NC(C)(C)CC(C)(C)C)S(=O)(=O)c2ccc(Cl)cc2)cc1C. The molecule has 0 bridgehead atoms. The maximum atomic E-state index is 13.5. The molecule has 0 aliphatic carbocycles. The van der Waals surface area contributed by atoms with E-state index in [4.69, 9.17) is 11.6 Å². The van der Waals surface area contributed by atoms with E-state index in [1.165, 1.54) is 24.3 Å². The molecule has 0 unspecified atom stereocenters. The summed E-state index contributed by atoms with van der Waals surface area (Å²) in [5.41, 5.74) is 1.97. The number of rotatable bonds is 7. The van der Waals surface area contributed by atoms with Gasteiger partial charge < -0.3 is 5.32 Å². The first-order chi connectivity index (χ1) is 14.1. The van der Waals surface area contributed by atoms with Gasteiger partial charge in [0.2, 0.25) is 5.91 Å². The van der Waals surface area contributed by atoms with Crippen molar-refractivity contribution in [2.75, 3.05) is 10.8 Å². The highest BCUT2D eigenvalue weighted by Gasteiger charge is 2.31. The first-order valence-corrected chi connectivity index (χ1v) is 12.1. The molecular formula is C24H33ClN2O3S. The van der Waals surface area contributed by atoms with Gasteiger partial charge in [-0.1, -0.05) is 38.4 Å². The predicted molar refractivity (Wildman–Crippen MR) is 128 cm³/mol. The standard InChI is InChI=1S/C24H33ClN2O3S/c1-17-8-11-20(14-18(17)2)27(31(29,30)21-12-9-19(25)10-13-21)15-22(28)26-24(6,7)16-23(3,4)5/h8-14H,15-16H2,1-7H3,(H,26,28). The van der Waals surface area contributed by atoms with E-state index in [0.717, 1.165) is 21.9 Å². The van der Waals surface area contributed by atoms with Crippen molar-refractivity contribution in [1.29, 1.82) is 0 Å². The molecule has 170 valence electrons. The van der Waals surface area contributed by atoms with E-state index >= 15 is 0 Å². The van der Waals surface area contributed by atoms with Crippen LogP contribution in [0.15, 0.2) is 47.4 Å². The van der Waals surface area contributed by atoms with E-state index in [0.29, 0.717) is 10.7 Å². The van der Waals surface area contributed by atoms with Crippen LogP contribution in [-0.2, 0) is 14.8 Å². The molecule has 0 fully saturated rings. The van der Waals surface area contributed by atoms with Crippen molar-refractivity contribution in [2.24, 2.45) is 5.41 Å². The van der Waals surface area contributed by atoms with Crippen LogP contribution < -0.4 is 9.62 Å². The number of nitrogens with one attached hydrogen (secondary N) is 1. The lowest BCUT2D eigenvalue weighted by atomic mass is 9.82. The molecule has 0 saturated carbocycles. The number of hydrogen-bond donors (Lipinski definition) is 1. The molecule has 2 rings (SSSR count). The van der Waals surface area contributed by atoms with Gasteiger partial charge in [0.25, 0.3) is 10.0 Å². The zero-order valence-corrected chi connectivity index (χ0v) is 21.0. The van der Waals surface area contributed by atoms with Gasteiger partial charge in [-0.3, -0.25) is 9.10 Å². The van der Waals surface area contributed by atoms with Gasteiger partial charge in [0.1, 0.15) is 6.54 Å². The van der Waals surface area contributed by atoms with Gasteiger partial charge >= 0.3 is 0 Å². The predicted octanol–water partition coefficient (Wildman–Crippen LogP) is 5.48. The Labute approximate surface area is 191 Å². The number of nitrogens with zero attached hydrogens (tertiary/aromatic N) is 1. The Morgan fingerprint density at radius 2 is 1.55 bits per heavy atom. The van der Waals surface area contributed by atoms with Gasteiger partial charge in [0.05, 0.1) is 10.6 Å². The molecule has 1 N–H and O–H groups in total. The minimum atomic E-state index is -3.97. The van der Waals surface area contributed by atoms with Crippen LogP contribution in [0.5, 0.6) is 0 Å². The summed E-state index contributed by atoms with van der Waals surface area (Å²) in [5.74, 6) is -0.356. The van der Waals surface area contributed by atoms with E-state index in [-0.39, 0.29) is 22.8 Å². The molecule has 7 heteroatoms. The van der Waals surface area contributed by atoms with Crippen LogP contribution in [0.2, 0.25) is 5.02 Å². The Balaban J connectivity index is 2.42. The fraction of sp³-hybridized carbons (Fsp3) is 0.458. The Kier molecular flexibility index (Phi) is 7.49. The van der Waals surface area contributed by atoms with Crippen LogP contribution in [0.25, 0.3) is 0 Å². The summed E-state index contributed by atoms with van der Waals surface area (Å²) in [6.45, 7) is 13.8. The lowest BCUT2D eigenvalue weighted by Gasteiger charge is -2.34. The minimum absolute atomic E-state index is 0.0138. The van der Waals surface area contributed by atoms with Gasteiger partial charge in [-0.05, 0) is 87.1 Å². The van der Waals surface area contributed by atoms with E-state index in [9.17, 15) is 13.2 Å². The normalized spacial score (nSPS) is 12.5. The molecule has 2 aromatic carbocycles. The molecule has 1 amide bonds. The van der Waals surface area contributed by atoms with Crippen LogP contribution in [0, 0.1) is 19.3 Å². The Hall–Kier alpha value is -2.05. The van der Waals surface area contributed by atoms with E-state index in [1.54, 1.807) is 12.1 Å². The number of carbonyl (C=O) groups is 1. The summed E-state index contributed by atoms with van der Waals surface area (Å²) in [5, 5.41) is 3.45. The van der Waals surface area contributed by atoms with Crippen molar-refractivity contribution in [3.63, 3.8) is 0 Å². The highest BCUT2D eigenvalue weighted by molar-refractivity contribution is 7.92. The van der Waals surface area contributed by atoms with Gasteiger partial charge in [0.15, 0.2) is 0 Å². The van der Waals surface area contributed by atoms with Crippen molar-refractivity contribution in [1.82, 2.24) is 5.32 Å². The van der Waals surface area contributed by atoms with Crippen molar-refractivity contribution in [2.45, 2.75) is 65.3 Å². The molecule has 0 heterocycles. The summed E-state index contributed by atoms with van der Waals surface area (Å²) < 4.78 is 28.1. The van der Waals surface area contributed by atoms with Crippen LogP contribution in [0.1, 0.15) is 52.2 Å². The summed E-state index contributed by atoms with van der Waals surface area (Å²) in [6.07, 6.45) is 0.749. The van der Waals surface area contributed by atoms with Crippen LogP contribution in [0.4, 0.5) is 5.69 Å². The molecular weight excluding hydrogens is 432 g/mol. The quantitative estimate of drug-likeness (QED) is 0.589. The third-order valence-electron chi connectivity index (χ3n) is 4.92. The average Bonchev–Trinajstić information content (AvgIpc) is 2.60. The molecule has 0 saturated heterocycles. The van der Waals surface area contributed by atoms with E-state index in [1.807, 2.05) is 33.8 Å². The van der Waals surface area contributed by atoms with Crippen molar-refractivity contribution in [3.8, 4) is 0 Å². The second kappa shape index (κ2) is 9.21. The average molecular weight is 465 g/mol. The van der Waals surface area contributed by atoms with Gasteiger partial charge in [-0.2, -0.15) is 0 Å². The molecule has 2 aromatic rings. The number of benzene rings is 2. The van der Waals surface area contributed by atoms with Crippen molar-refractivity contribution < 1.29 is 13.2 Å². The number of amides is 1. The summed E-state index contributed by atoms with van der Waals surface area (Å²) in [7, 11) is -3.97. The van der Waals surface area contributed by atoms with Gasteiger partial charge in [0, 0.05) is 10.6 Å². The molecule has 0 aromatic heterocycles. The number of halogens is 1. The molecule has 0 aliphatic heterocycles. The number of aryl methyl sites for hydroxylation is 2. The Morgan fingerprint density at radius 1 is 0.968 bits per heavy atom. The number of anilines is 1. The molecule has 5 nitrogen and oxygen atoms in total. The molecule has 0 spiro atoms. The maximum Gasteiger partial charge on any atom is 0.264 e. The fourth-order valence-corrected chi connectivity index (χ4v) is 5.39. The van der Waals surface area contributed by atoms with Crippen molar-refractivity contribution in [3.05, 3.63) is 58.6 Å². The minimum Gasteiger partial charge on any atom is -0.350 e. The summed E-state index contributed by atoms with van der Waals surface area (Å²) in [4.78, 5) is 13.1. The fourth-order valence-electron chi connectivity index (χ4n) is 3.85. The number of carbonyl (C=O) groups excluding carboxylic acids is 1. The summed E-state index contributed by atoms with van der Waals surface area (Å²) in [6, 6.07) is 11.3. The Bertz CT molecular complexity index is 1040. The Morgan fingerprint density at radius 3 is 2.06 bits per heavy atom. The smallest absolute Gasteiger partial charge is 0.264 e. The largest absolute Gasteiger partial charge is 0.350 e. The first kappa shape index (κ1) is 25.2. The second-order valence-corrected chi connectivity index (χ2v) is 12.2. The number of hydrogen-bond acceptors (Lipinski definition) is 3. The van der Waals surface area contributed by atoms with Crippen molar-refractivity contribution >= 4 is 33.2 Å². The lowest BCUT2D eigenvalue weighted by Crippen LogP contribution is -2.50. The maximum absolute atomic E-state index is 13.5. The molecule has 0 radical (unpaired) electrons. The number of sulfonamides is 1. The van der Waals surface area contributed by atoms with E-state index < -0.39 is 15.6 Å². The zero-order chi connectivity index (χ0) is 23.6. The first-order valence-electron chi connectivity index (χ1n) is 10.3. The second-order valence-electron chi connectivity index (χ2n) is 9.90. The van der Waals surface area contributed by atoms with Crippen LogP contribution in [0.3, 0.4) is 0 Å². The summed E-state index contributed by atoms with van der Waals surface area (Å²) >= 11 is 5.93. The van der Waals surface area contributed by atoms with Gasteiger partial charge in [-0.25, -0.2) is 8.42 Å². The molecule has 0 aliphatic rings. The van der Waals surface area contributed by atoms with Crippen LogP contribution >= 0.6 is 11.6 Å². The highest BCUT2D eigenvalue weighted by Crippen LogP contribution is 2.28. The lowest BCUT2D eigenvalue weighted by molar-refractivity contribution is -0.121. The van der Waals surface area contributed by atoms with Crippen LogP contribution in [-0.4, -0.2) is 26.4 Å². The molecule has 31 heavy (non-hydrogen) atoms. The van der Waals surface area contributed by atoms with E-state index in [2.05, 4.69) is 26.1 Å². The highest BCUT2D eigenvalue weighted by atomic mass is 35.5. The third-order valence-corrected chi connectivity index (χ3v) is 6.96. The topological polar surface area (TPSA) is 66.5 Å².